The van der Waals surface area contributed by atoms with E-state index in [4.69, 9.17) is 16.3 Å². The van der Waals surface area contributed by atoms with E-state index in [1.807, 2.05) is 44.2 Å². The van der Waals surface area contributed by atoms with Crippen LogP contribution in [0.5, 0.6) is 5.75 Å². The zero-order valence-corrected chi connectivity index (χ0v) is 26.3. The van der Waals surface area contributed by atoms with Gasteiger partial charge in [-0.2, -0.15) is 0 Å². The third-order valence-electron chi connectivity index (χ3n) is 6.93. The summed E-state index contributed by atoms with van der Waals surface area (Å²) in [6.07, 6.45) is 0.237. The first-order valence-electron chi connectivity index (χ1n) is 14.4. The molecule has 0 saturated carbocycles. The largest absolute Gasteiger partial charge is 0.494 e. The standard InChI is InChI=1S/C34H36ClN3O5S/c1-3-36-34(40)32(23-26-11-7-5-8-12-26)37(24-27-15-17-28(35)18-16-27)33(39)25-38(29-19-21-30(22-20-29)43-4-2)44(41,42)31-13-9-6-10-14-31/h5-22,32H,3-4,23-25H2,1-2H3,(H,36,40)/t32-/m0/s1. The number of likely N-dealkylation sites (N-methyl/N-ethyl adjacent to an activating group) is 1. The number of nitrogens with one attached hydrogen (secondary N) is 1. The summed E-state index contributed by atoms with van der Waals surface area (Å²) in [6.45, 7) is 4.01. The molecule has 0 spiro atoms. The van der Waals surface area contributed by atoms with Crippen LogP contribution in [0.4, 0.5) is 5.69 Å². The fraction of sp³-hybridized carbons (Fsp3) is 0.235. The third-order valence-corrected chi connectivity index (χ3v) is 8.97. The van der Waals surface area contributed by atoms with Crippen LogP contribution in [0, 0.1) is 0 Å². The zero-order valence-electron chi connectivity index (χ0n) is 24.7. The second kappa shape index (κ2) is 15.4. The molecule has 230 valence electrons. The molecular weight excluding hydrogens is 598 g/mol. The minimum absolute atomic E-state index is 0.0375. The number of hydrogen-bond acceptors (Lipinski definition) is 5. The van der Waals surface area contributed by atoms with Gasteiger partial charge in [-0.15, -0.1) is 0 Å². The van der Waals surface area contributed by atoms with Crippen LogP contribution in [0.25, 0.3) is 0 Å². The molecular formula is C34H36ClN3O5S. The van der Waals surface area contributed by atoms with Gasteiger partial charge in [-0.1, -0.05) is 72.3 Å². The van der Waals surface area contributed by atoms with Crippen LogP contribution < -0.4 is 14.4 Å². The summed E-state index contributed by atoms with van der Waals surface area (Å²) in [6, 6.07) is 30.0. The number of amides is 2. The lowest BCUT2D eigenvalue weighted by Gasteiger charge is -2.33. The minimum Gasteiger partial charge on any atom is -0.494 e. The minimum atomic E-state index is -4.17. The third kappa shape index (κ3) is 8.39. The Balaban J connectivity index is 1.78. The van der Waals surface area contributed by atoms with Gasteiger partial charge in [0, 0.05) is 24.5 Å². The predicted molar refractivity (Wildman–Crippen MR) is 173 cm³/mol. The number of hydrogen-bond donors (Lipinski definition) is 1. The maximum absolute atomic E-state index is 14.4. The quantitative estimate of drug-likeness (QED) is 0.192. The lowest BCUT2D eigenvalue weighted by Crippen LogP contribution is -2.53. The molecule has 0 aliphatic carbocycles. The van der Waals surface area contributed by atoms with E-state index in [1.165, 1.54) is 17.0 Å². The van der Waals surface area contributed by atoms with Crippen LogP contribution in [-0.4, -0.2) is 50.9 Å². The first kappa shape index (κ1) is 32.6. The Hall–Kier alpha value is -4.34. The summed E-state index contributed by atoms with van der Waals surface area (Å²) in [5.74, 6) is -0.305. The molecule has 0 bridgehead atoms. The molecule has 0 aliphatic heterocycles. The molecule has 0 aliphatic rings. The lowest BCUT2D eigenvalue weighted by molar-refractivity contribution is -0.140. The lowest BCUT2D eigenvalue weighted by atomic mass is 10.0. The van der Waals surface area contributed by atoms with Gasteiger partial charge in [-0.25, -0.2) is 8.42 Å². The number of carbonyl (C=O) groups is 2. The summed E-state index contributed by atoms with van der Waals surface area (Å²) in [7, 11) is -4.17. The Kier molecular flexibility index (Phi) is 11.4. The summed E-state index contributed by atoms with van der Waals surface area (Å²) in [5, 5.41) is 3.39. The second-order valence-corrected chi connectivity index (χ2v) is 12.3. The van der Waals surface area contributed by atoms with Gasteiger partial charge in [0.05, 0.1) is 17.2 Å². The molecule has 0 fully saturated rings. The molecule has 44 heavy (non-hydrogen) atoms. The van der Waals surface area contributed by atoms with Crippen LogP contribution in [0.2, 0.25) is 5.02 Å². The highest BCUT2D eigenvalue weighted by molar-refractivity contribution is 7.92. The van der Waals surface area contributed by atoms with Gasteiger partial charge in [0.1, 0.15) is 18.3 Å². The van der Waals surface area contributed by atoms with Gasteiger partial charge in [0.2, 0.25) is 11.8 Å². The molecule has 4 rings (SSSR count). The Labute approximate surface area is 264 Å². The van der Waals surface area contributed by atoms with E-state index in [0.29, 0.717) is 23.9 Å². The van der Waals surface area contributed by atoms with Crippen molar-refractivity contribution in [3.63, 3.8) is 0 Å². The summed E-state index contributed by atoms with van der Waals surface area (Å²) in [5.41, 5.74) is 1.89. The first-order chi connectivity index (χ1) is 21.2. The van der Waals surface area contributed by atoms with Crippen molar-refractivity contribution in [1.29, 1.82) is 0 Å². The maximum Gasteiger partial charge on any atom is 0.264 e. The molecule has 0 radical (unpaired) electrons. The number of anilines is 1. The summed E-state index contributed by atoms with van der Waals surface area (Å²) >= 11 is 6.12. The number of sulfonamides is 1. The average molecular weight is 634 g/mol. The summed E-state index contributed by atoms with van der Waals surface area (Å²) < 4.78 is 34.7. The van der Waals surface area contributed by atoms with E-state index in [9.17, 15) is 18.0 Å². The maximum atomic E-state index is 14.4. The molecule has 4 aromatic rings. The zero-order chi connectivity index (χ0) is 31.5. The van der Waals surface area contributed by atoms with Crippen LogP contribution in [0.1, 0.15) is 25.0 Å². The fourth-order valence-corrected chi connectivity index (χ4v) is 6.32. The van der Waals surface area contributed by atoms with Gasteiger partial charge in [0.15, 0.2) is 0 Å². The Morgan fingerprint density at radius 2 is 1.43 bits per heavy atom. The smallest absolute Gasteiger partial charge is 0.264 e. The van der Waals surface area contributed by atoms with Gasteiger partial charge in [-0.3, -0.25) is 13.9 Å². The van der Waals surface area contributed by atoms with Crippen LogP contribution in [0.15, 0.2) is 114 Å². The highest BCUT2D eigenvalue weighted by atomic mass is 35.5. The Bertz CT molecular complexity index is 1620. The van der Waals surface area contributed by atoms with Crippen molar-refractivity contribution in [2.75, 3.05) is 24.0 Å². The molecule has 10 heteroatoms. The van der Waals surface area contributed by atoms with Crippen LogP contribution in [-0.2, 0) is 32.6 Å². The molecule has 0 aromatic heterocycles. The van der Waals surface area contributed by atoms with Gasteiger partial charge >= 0.3 is 0 Å². The number of halogens is 1. The number of nitrogens with zero attached hydrogens (tertiary/aromatic N) is 2. The van der Waals surface area contributed by atoms with Gasteiger partial charge < -0.3 is 15.0 Å². The normalized spacial score (nSPS) is 11.8. The van der Waals surface area contributed by atoms with Crippen molar-refractivity contribution in [2.24, 2.45) is 0 Å². The molecule has 0 saturated heterocycles. The molecule has 1 atom stereocenters. The Morgan fingerprint density at radius 3 is 2.02 bits per heavy atom. The number of ether oxygens (including phenoxy) is 1. The van der Waals surface area contributed by atoms with Crippen LogP contribution >= 0.6 is 11.6 Å². The topological polar surface area (TPSA) is 96.0 Å². The highest BCUT2D eigenvalue weighted by Gasteiger charge is 2.34. The van der Waals surface area contributed by atoms with Crippen molar-refractivity contribution in [3.05, 3.63) is 125 Å². The van der Waals surface area contributed by atoms with E-state index in [-0.39, 0.29) is 29.5 Å². The average Bonchev–Trinajstić information content (AvgIpc) is 3.04. The van der Waals surface area contributed by atoms with E-state index >= 15 is 0 Å². The van der Waals surface area contributed by atoms with Crippen molar-refractivity contribution in [2.45, 2.75) is 37.8 Å². The molecule has 0 heterocycles. The molecule has 8 nitrogen and oxygen atoms in total. The number of rotatable bonds is 14. The fourth-order valence-electron chi connectivity index (χ4n) is 4.76. The van der Waals surface area contributed by atoms with Gasteiger partial charge in [-0.05, 0) is 73.5 Å². The van der Waals surface area contributed by atoms with E-state index < -0.39 is 28.5 Å². The Morgan fingerprint density at radius 1 is 0.818 bits per heavy atom. The van der Waals surface area contributed by atoms with Crippen molar-refractivity contribution in [1.82, 2.24) is 10.2 Å². The SMILES string of the molecule is CCNC(=O)[C@H](Cc1ccccc1)N(Cc1ccc(Cl)cc1)C(=O)CN(c1ccc(OCC)cc1)S(=O)(=O)c1ccccc1. The molecule has 1 N–H and O–H groups in total. The monoisotopic (exact) mass is 633 g/mol. The van der Waals surface area contributed by atoms with E-state index in [1.54, 1.807) is 66.7 Å². The number of benzene rings is 4. The summed E-state index contributed by atoms with van der Waals surface area (Å²) in [4.78, 5) is 29.4. The van der Waals surface area contributed by atoms with Crippen molar-refractivity contribution < 1.29 is 22.7 Å². The molecule has 0 unspecified atom stereocenters. The van der Waals surface area contributed by atoms with Crippen molar-refractivity contribution in [3.8, 4) is 5.75 Å². The van der Waals surface area contributed by atoms with Crippen molar-refractivity contribution >= 4 is 39.1 Å². The first-order valence-corrected chi connectivity index (χ1v) is 16.2. The van der Waals surface area contributed by atoms with E-state index in [0.717, 1.165) is 15.4 Å². The molecule has 4 aromatic carbocycles. The van der Waals surface area contributed by atoms with Crippen LogP contribution in [0.3, 0.4) is 0 Å². The van der Waals surface area contributed by atoms with E-state index in [2.05, 4.69) is 5.32 Å². The second-order valence-electron chi connectivity index (χ2n) is 10.00. The van der Waals surface area contributed by atoms with Gasteiger partial charge in [0.25, 0.3) is 10.0 Å². The molecule has 2 amide bonds. The number of carbonyl (C=O) groups excluding carboxylic acids is 2. The predicted octanol–water partition coefficient (Wildman–Crippen LogP) is 5.71. The highest BCUT2D eigenvalue weighted by Crippen LogP contribution is 2.27.